The van der Waals surface area contributed by atoms with Gasteiger partial charge in [0, 0.05) is 6.04 Å². The average Bonchev–Trinajstić information content (AvgIpc) is 2.25. The van der Waals surface area contributed by atoms with E-state index in [1.165, 1.54) is 0 Å². The summed E-state index contributed by atoms with van der Waals surface area (Å²) >= 11 is 0. The molecule has 0 bridgehead atoms. The molecule has 0 aromatic rings. The molecule has 0 spiro atoms. The van der Waals surface area contributed by atoms with Crippen LogP contribution >= 0.6 is 0 Å². The third-order valence-electron chi connectivity index (χ3n) is 3.64. The van der Waals surface area contributed by atoms with E-state index in [4.69, 9.17) is 5.84 Å². The van der Waals surface area contributed by atoms with Crippen molar-refractivity contribution >= 4 is 9.84 Å². The summed E-state index contributed by atoms with van der Waals surface area (Å²) in [5.41, 5.74) is 2.71. The Balaban J connectivity index is 2.70. The van der Waals surface area contributed by atoms with Crippen LogP contribution in [0.3, 0.4) is 0 Å². The molecule has 0 saturated carbocycles. The quantitative estimate of drug-likeness (QED) is 0.567. The highest BCUT2D eigenvalue weighted by Gasteiger charge is 2.35. The maximum atomic E-state index is 12.0. The van der Waals surface area contributed by atoms with E-state index < -0.39 is 9.84 Å². The number of hydrogen-bond donors (Lipinski definition) is 2. The topological polar surface area (TPSA) is 72.2 Å². The zero-order valence-corrected chi connectivity index (χ0v) is 11.1. The smallest absolute Gasteiger partial charge is 0.154 e. The van der Waals surface area contributed by atoms with Crippen molar-refractivity contribution in [2.75, 3.05) is 5.75 Å². The zero-order chi connectivity index (χ0) is 12.2. The van der Waals surface area contributed by atoms with Crippen LogP contribution in [0.2, 0.25) is 0 Å². The Morgan fingerprint density at radius 3 is 2.62 bits per heavy atom. The first-order chi connectivity index (χ1) is 7.51. The molecule has 1 aliphatic rings. The van der Waals surface area contributed by atoms with Crippen molar-refractivity contribution in [3.63, 3.8) is 0 Å². The molecule has 5 heteroatoms. The van der Waals surface area contributed by atoms with Gasteiger partial charge in [0.1, 0.15) is 0 Å². The van der Waals surface area contributed by atoms with E-state index in [0.717, 1.165) is 32.1 Å². The standard InChI is InChI=1S/C11H24N2O2S/c1-3-9(2)8-10(13-12)11-6-4-5-7-16(11,14)15/h9-11,13H,3-8,12H2,1-2H3. The molecule has 3 N–H and O–H groups in total. The lowest BCUT2D eigenvalue weighted by Crippen LogP contribution is -2.50. The SMILES string of the molecule is CCC(C)CC(NN)C1CCCCS1(=O)=O. The highest BCUT2D eigenvalue weighted by atomic mass is 32.2. The molecule has 1 fully saturated rings. The Bertz CT molecular complexity index is 303. The summed E-state index contributed by atoms with van der Waals surface area (Å²) in [5, 5.41) is -0.278. The Hall–Kier alpha value is -0.130. The fourth-order valence-corrected chi connectivity index (χ4v) is 4.48. The van der Waals surface area contributed by atoms with Gasteiger partial charge in [-0.25, -0.2) is 8.42 Å². The number of nitrogens with two attached hydrogens (primary N) is 1. The highest BCUT2D eigenvalue weighted by molar-refractivity contribution is 7.92. The van der Waals surface area contributed by atoms with Gasteiger partial charge in [0.05, 0.1) is 11.0 Å². The Labute approximate surface area is 98.9 Å². The van der Waals surface area contributed by atoms with Gasteiger partial charge in [0.2, 0.25) is 0 Å². The van der Waals surface area contributed by atoms with Gasteiger partial charge in [-0.2, -0.15) is 0 Å². The maximum Gasteiger partial charge on any atom is 0.154 e. The molecule has 1 aliphatic heterocycles. The molecule has 3 unspecified atom stereocenters. The first-order valence-corrected chi connectivity index (χ1v) is 7.90. The monoisotopic (exact) mass is 248 g/mol. The lowest BCUT2D eigenvalue weighted by atomic mass is 9.95. The van der Waals surface area contributed by atoms with E-state index in [1.807, 2.05) is 0 Å². The van der Waals surface area contributed by atoms with Crippen molar-refractivity contribution < 1.29 is 8.42 Å². The predicted octanol–water partition coefficient (Wildman–Crippen LogP) is 1.22. The van der Waals surface area contributed by atoms with Crippen LogP contribution in [0.4, 0.5) is 0 Å². The second-order valence-corrected chi connectivity index (χ2v) is 7.26. The lowest BCUT2D eigenvalue weighted by molar-refractivity contribution is 0.364. The summed E-state index contributed by atoms with van der Waals surface area (Å²) in [4.78, 5) is 0. The summed E-state index contributed by atoms with van der Waals surface area (Å²) < 4.78 is 23.9. The third kappa shape index (κ3) is 3.43. The van der Waals surface area contributed by atoms with Crippen LogP contribution in [0.25, 0.3) is 0 Å². The third-order valence-corrected chi connectivity index (χ3v) is 5.99. The van der Waals surface area contributed by atoms with Crippen LogP contribution in [-0.4, -0.2) is 25.5 Å². The van der Waals surface area contributed by atoms with Crippen LogP contribution in [0.5, 0.6) is 0 Å². The minimum Gasteiger partial charge on any atom is -0.271 e. The van der Waals surface area contributed by atoms with Crippen LogP contribution < -0.4 is 11.3 Å². The van der Waals surface area contributed by atoms with Crippen molar-refractivity contribution in [1.29, 1.82) is 0 Å². The molecule has 0 radical (unpaired) electrons. The summed E-state index contributed by atoms with van der Waals surface area (Å²) in [6.45, 7) is 4.26. The molecule has 1 saturated heterocycles. The van der Waals surface area contributed by atoms with E-state index in [-0.39, 0.29) is 11.3 Å². The van der Waals surface area contributed by atoms with Gasteiger partial charge in [-0.1, -0.05) is 26.7 Å². The summed E-state index contributed by atoms with van der Waals surface area (Å²) in [5.74, 6) is 6.36. The van der Waals surface area contributed by atoms with Crippen LogP contribution in [0.15, 0.2) is 0 Å². The number of sulfone groups is 1. The maximum absolute atomic E-state index is 12.0. The van der Waals surface area contributed by atoms with E-state index in [0.29, 0.717) is 11.7 Å². The van der Waals surface area contributed by atoms with Crippen molar-refractivity contribution in [3.05, 3.63) is 0 Å². The molecule has 4 nitrogen and oxygen atoms in total. The first-order valence-electron chi connectivity index (χ1n) is 6.19. The van der Waals surface area contributed by atoms with Crippen molar-refractivity contribution in [2.45, 2.75) is 57.2 Å². The molecule has 16 heavy (non-hydrogen) atoms. The van der Waals surface area contributed by atoms with Crippen LogP contribution in [-0.2, 0) is 9.84 Å². The van der Waals surface area contributed by atoms with E-state index in [2.05, 4.69) is 19.3 Å². The Kier molecular flexibility index (Phi) is 5.21. The minimum absolute atomic E-state index is 0.0831. The molecule has 3 atom stereocenters. The van der Waals surface area contributed by atoms with Gasteiger partial charge in [-0.05, 0) is 25.2 Å². The first kappa shape index (κ1) is 13.9. The molecule has 96 valence electrons. The van der Waals surface area contributed by atoms with Crippen molar-refractivity contribution in [3.8, 4) is 0 Å². The molecule has 1 rings (SSSR count). The molecule has 0 aromatic carbocycles. The average molecular weight is 248 g/mol. The second-order valence-electron chi connectivity index (χ2n) is 4.92. The largest absolute Gasteiger partial charge is 0.271 e. The van der Waals surface area contributed by atoms with Crippen molar-refractivity contribution in [2.24, 2.45) is 11.8 Å². The fourth-order valence-electron chi connectivity index (χ4n) is 2.36. The van der Waals surface area contributed by atoms with Crippen LogP contribution in [0.1, 0.15) is 46.0 Å². The molecule has 0 aliphatic carbocycles. The molecule has 0 aromatic heterocycles. The van der Waals surface area contributed by atoms with E-state index in [1.54, 1.807) is 0 Å². The predicted molar refractivity (Wildman–Crippen MR) is 66.6 cm³/mol. The summed E-state index contributed by atoms with van der Waals surface area (Å²) in [6.07, 6.45) is 4.47. The number of hydrazine groups is 1. The normalized spacial score (nSPS) is 28.6. The van der Waals surface area contributed by atoms with Crippen molar-refractivity contribution in [1.82, 2.24) is 5.43 Å². The molecular weight excluding hydrogens is 224 g/mol. The Morgan fingerprint density at radius 2 is 2.12 bits per heavy atom. The molecule has 1 heterocycles. The number of hydrogen-bond acceptors (Lipinski definition) is 4. The Morgan fingerprint density at radius 1 is 1.44 bits per heavy atom. The van der Waals surface area contributed by atoms with Gasteiger partial charge in [0.15, 0.2) is 9.84 Å². The minimum atomic E-state index is -2.93. The van der Waals surface area contributed by atoms with Gasteiger partial charge >= 0.3 is 0 Å². The summed E-state index contributed by atoms with van der Waals surface area (Å²) in [7, 11) is -2.93. The van der Waals surface area contributed by atoms with Gasteiger partial charge in [-0.15, -0.1) is 0 Å². The number of rotatable bonds is 5. The molecular formula is C11H24N2O2S. The lowest BCUT2D eigenvalue weighted by Gasteiger charge is -2.31. The number of nitrogens with one attached hydrogen (secondary N) is 1. The van der Waals surface area contributed by atoms with Gasteiger partial charge in [0.25, 0.3) is 0 Å². The van der Waals surface area contributed by atoms with E-state index in [9.17, 15) is 8.42 Å². The summed E-state index contributed by atoms with van der Waals surface area (Å²) in [6, 6.07) is -0.0831. The van der Waals surface area contributed by atoms with Gasteiger partial charge in [-0.3, -0.25) is 11.3 Å². The van der Waals surface area contributed by atoms with Crippen LogP contribution in [0, 0.1) is 5.92 Å². The van der Waals surface area contributed by atoms with Gasteiger partial charge < -0.3 is 0 Å². The fraction of sp³-hybridized carbons (Fsp3) is 1.00. The molecule has 0 amide bonds. The second kappa shape index (κ2) is 5.98. The highest BCUT2D eigenvalue weighted by Crippen LogP contribution is 2.25. The van der Waals surface area contributed by atoms with E-state index >= 15 is 0 Å². The zero-order valence-electron chi connectivity index (χ0n) is 10.3.